The highest BCUT2D eigenvalue weighted by molar-refractivity contribution is 5.79. The summed E-state index contributed by atoms with van der Waals surface area (Å²) in [5, 5.41) is 3.79. The van der Waals surface area contributed by atoms with E-state index in [1.807, 2.05) is 26.0 Å². The van der Waals surface area contributed by atoms with Gasteiger partial charge in [0.1, 0.15) is 0 Å². The van der Waals surface area contributed by atoms with Crippen LogP contribution in [0, 0.1) is 6.92 Å². The first-order chi connectivity index (χ1) is 9.11. The first-order valence-corrected chi connectivity index (χ1v) is 6.50. The summed E-state index contributed by atoms with van der Waals surface area (Å²) in [5.41, 5.74) is 2.38. The Morgan fingerprint density at radius 1 is 1.21 bits per heavy atom. The van der Waals surface area contributed by atoms with Gasteiger partial charge in [0.05, 0.1) is 11.6 Å². The van der Waals surface area contributed by atoms with Crippen molar-refractivity contribution in [2.45, 2.75) is 32.7 Å². The standard InChI is InChI=1S/C15H18F2N2/c1-3-8-18-14(15(16)17)12-6-7-13-11(9-12)5-4-10(2)19-13/h4-7,9,14-15,18H,3,8H2,1-2H3. The van der Waals surface area contributed by atoms with Crippen LogP contribution >= 0.6 is 0 Å². The van der Waals surface area contributed by atoms with Crippen LogP contribution in [-0.2, 0) is 0 Å². The lowest BCUT2D eigenvalue weighted by molar-refractivity contribution is 0.0985. The minimum atomic E-state index is -2.41. The third-order valence-corrected chi connectivity index (χ3v) is 3.08. The molecule has 1 atom stereocenters. The lowest BCUT2D eigenvalue weighted by Crippen LogP contribution is -2.27. The summed E-state index contributed by atoms with van der Waals surface area (Å²) >= 11 is 0. The van der Waals surface area contributed by atoms with Crippen molar-refractivity contribution >= 4 is 10.9 Å². The van der Waals surface area contributed by atoms with E-state index in [2.05, 4.69) is 10.3 Å². The molecule has 2 nitrogen and oxygen atoms in total. The van der Waals surface area contributed by atoms with Gasteiger partial charge in [-0.1, -0.05) is 19.1 Å². The van der Waals surface area contributed by atoms with Gasteiger partial charge in [0.2, 0.25) is 0 Å². The normalized spacial score (nSPS) is 13.1. The number of aromatic nitrogens is 1. The van der Waals surface area contributed by atoms with Crippen molar-refractivity contribution in [3.05, 3.63) is 41.6 Å². The highest BCUT2D eigenvalue weighted by Crippen LogP contribution is 2.24. The van der Waals surface area contributed by atoms with Crippen LogP contribution in [0.25, 0.3) is 10.9 Å². The first kappa shape index (κ1) is 13.9. The highest BCUT2D eigenvalue weighted by atomic mass is 19.3. The van der Waals surface area contributed by atoms with Crippen LogP contribution in [0.3, 0.4) is 0 Å². The molecule has 0 fully saturated rings. The van der Waals surface area contributed by atoms with Gasteiger partial charge in [-0.2, -0.15) is 0 Å². The van der Waals surface area contributed by atoms with E-state index in [9.17, 15) is 8.78 Å². The van der Waals surface area contributed by atoms with E-state index in [0.29, 0.717) is 12.1 Å². The number of hydrogen-bond acceptors (Lipinski definition) is 2. The van der Waals surface area contributed by atoms with E-state index in [-0.39, 0.29) is 0 Å². The molecule has 2 rings (SSSR count). The van der Waals surface area contributed by atoms with Crippen LogP contribution < -0.4 is 5.32 Å². The molecule has 1 aromatic carbocycles. The molecule has 0 aliphatic carbocycles. The van der Waals surface area contributed by atoms with Gasteiger partial charge in [-0.3, -0.25) is 4.98 Å². The van der Waals surface area contributed by atoms with Crippen molar-refractivity contribution in [1.29, 1.82) is 0 Å². The van der Waals surface area contributed by atoms with Crippen molar-refractivity contribution in [2.24, 2.45) is 0 Å². The molecule has 0 aliphatic rings. The zero-order valence-electron chi connectivity index (χ0n) is 11.2. The molecule has 1 unspecified atom stereocenters. The largest absolute Gasteiger partial charge is 0.305 e. The molecule has 0 radical (unpaired) electrons. The summed E-state index contributed by atoms with van der Waals surface area (Å²) in [6, 6.07) is 8.23. The molecule has 0 saturated heterocycles. The van der Waals surface area contributed by atoms with Gasteiger partial charge in [-0.25, -0.2) is 8.78 Å². The average Bonchev–Trinajstić information content (AvgIpc) is 2.39. The number of alkyl halides is 2. The Kier molecular flexibility index (Phi) is 4.43. The maximum Gasteiger partial charge on any atom is 0.257 e. The monoisotopic (exact) mass is 264 g/mol. The first-order valence-electron chi connectivity index (χ1n) is 6.50. The second kappa shape index (κ2) is 6.06. The third-order valence-electron chi connectivity index (χ3n) is 3.08. The van der Waals surface area contributed by atoms with Gasteiger partial charge >= 0.3 is 0 Å². The summed E-state index contributed by atoms with van der Waals surface area (Å²) in [6.45, 7) is 4.46. The van der Waals surface area contributed by atoms with E-state index >= 15 is 0 Å². The van der Waals surface area contributed by atoms with Crippen molar-refractivity contribution in [2.75, 3.05) is 6.54 Å². The third kappa shape index (κ3) is 3.26. The van der Waals surface area contributed by atoms with E-state index in [4.69, 9.17) is 0 Å². The van der Waals surface area contributed by atoms with Crippen LogP contribution in [0.4, 0.5) is 8.78 Å². The lowest BCUT2D eigenvalue weighted by Gasteiger charge is -2.18. The molecule has 4 heteroatoms. The molecule has 1 heterocycles. The maximum atomic E-state index is 13.1. The van der Waals surface area contributed by atoms with Crippen LogP contribution in [0.1, 0.15) is 30.6 Å². The molecule has 0 saturated carbocycles. The van der Waals surface area contributed by atoms with Gasteiger partial charge in [0.25, 0.3) is 6.43 Å². The number of rotatable bonds is 5. The zero-order valence-corrected chi connectivity index (χ0v) is 11.2. The Balaban J connectivity index is 2.34. The lowest BCUT2D eigenvalue weighted by atomic mass is 10.0. The number of halogens is 2. The molecule has 1 aromatic heterocycles. The quantitative estimate of drug-likeness (QED) is 0.887. The molecule has 19 heavy (non-hydrogen) atoms. The molecule has 0 aliphatic heterocycles. The van der Waals surface area contributed by atoms with Gasteiger partial charge < -0.3 is 5.32 Å². The number of pyridine rings is 1. The SMILES string of the molecule is CCCNC(c1ccc2nc(C)ccc2c1)C(F)F. The molecule has 102 valence electrons. The predicted octanol–water partition coefficient (Wildman–Crippen LogP) is 3.85. The van der Waals surface area contributed by atoms with Crippen molar-refractivity contribution in [1.82, 2.24) is 10.3 Å². The number of aryl methyl sites for hydroxylation is 1. The highest BCUT2D eigenvalue weighted by Gasteiger charge is 2.21. The summed E-state index contributed by atoms with van der Waals surface area (Å²) in [5.74, 6) is 0. The minimum Gasteiger partial charge on any atom is -0.305 e. The Hall–Kier alpha value is -1.55. The molecule has 0 amide bonds. The van der Waals surface area contributed by atoms with E-state index in [0.717, 1.165) is 23.0 Å². The Morgan fingerprint density at radius 2 is 2.00 bits per heavy atom. The smallest absolute Gasteiger partial charge is 0.257 e. The topological polar surface area (TPSA) is 24.9 Å². The summed E-state index contributed by atoms with van der Waals surface area (Å²) in [6.07, 6.45) is -1.58. The van der Waals surface area contributed by atoms with Gasteiger partial charge in [0.15, 0.2) is 0 Å². The second-order valence-corrected chi connectivity index (χ2v) is 4.67. The Bertz CT molecular complexity index is 555. The number of fused-ring (bicyclic) bond motifs is 1. The number of hydrogen-bond donors (Lipinski definition) is 1. The molecule has 0 bridgehead atoms. The van der Waals surface area contributed by atoms with Crippen LogP contribution in [-0.4, -0.2) is 18.0 Å². The fourth-order valence-electron chi connectivity index (χ4n) is 2.09. The van der Waals surface area contributed by atoms with Crippen LogP contribution in [0.2, 0.25) is 0 Å². The molecule has 0 spiro atoms. The van der Waals surface area contributed by atoms with Crippen molar-refractivity contribution in [3.63, 3.8) is 0 Å². The predicted molar refractivity (Wildman–Crippen MR) is 73.5 cm³/mol. The van der Waals surface area contributed by atoms with Crippen molar-refractivity contribution < 1.29 is 8.78 Å². The number of benzene rings is 1. The zero-order chi connectivity index (χ0) is 13.8. The fraction of sp³-hybridized carbons (Fsp3) is 0.400. The van der Waals surface area contributed by atoms with Gasteiger partial charge in [0, 0.05) is 11.1 Å². The van der Waals surface area contributed by atoms with Gasteiger partial charge in [-0.15, -0.1) is 0 Å². The summed E-state index contributed by atoms with van der Waals surface area (Å²) in [7, 11) is 0. The number of nitrogens with one attached hydrogen (secondary N) is 1. The van der Waals surface area contributed by atoms with Crippen molar-refractivity contribution in [3.8, 4) is 0 Å². The molecular formula is C15H18F2N2. The average molecular weight is 264 g/mol. The molecule has 2 aromatic rings. The van der Waals surface area contributed by atoms with Crippen LogP contribution in [0.5, 0.6) is 0 Å². The summed E-state index contributed by atoms with van der Waals surface area (Å²) in [4.78, 5) is 4.38. The van der Waals surface area contributed by atoms with E-state index in [1.54, 1.807) is 18.2 Å². The minimum absolute atomic E-state index is 0.583. The Labute approximate surface area is 111 Å². The van der Waals surface area contributed by atoms with E-state index in [1.165, 1.54) is 0 Å². The second-order valence-electron chi connectivity index (χ2n) is 4.67. The fourth-order valence-corrected chi connectivity index (χ4v) is 2.09. The van der Waals surface area contributed by atoms with Gasteiger partial charge in [-0.05, 0) is 43.7 Å². The molecular weight excluding hydrogens is 246 g/mol. The van der Waals surface area contributed by atoms with Crippen LogP contribution in [0.15, 0.2) is 30.3 Å². The maximum absolute atomic E-state index is 13.1. The summed E-state index contributed by atoms with van der Waals surface area (Å²) < 4.78 is 26.2. The molecule has 1 N–H and O–H groups in total. The number of nitrogens with zero attached hydrogens (tertiary/aromatic N) is 1. The Morgan fingerprint density at radius 3 is 2.68 bits per heavy atom. The van der Waals surface area contributed by atoms with E-state index < -0.39 is 12.5 Å².